The van der Waals surface area contributed by atoms with Gasteiger partial charge in [-0.1, -0.05) is 20.8 Å². The molecule has 3 nitrogen and oxygen atoms in total. The third-order valence-electron chi connectivity index (χ3n) is 4.26. The first-order chi connectivity index (χ1) is 10.0. The Labute approximate surface area is 134 Å². The van der Waals surface area contributed by atoms with E-state index >= 15 is 0 Å². The van der Waals surface area contributed by atoms with Crippen molar-refractivity contribution in [2.45, 2.75) is 72.9 Å². The molecule has 21 heavy (non-hydrogen) atoms. The molecule has 128 valence electrons. The second-order valence-electron chi connectivity index (χ2n) is 6.34. The summed E-state index contributed by atoms with van der Waals surface area (Å²) in [7, 11) is -1.93. The average Bonchev–Trinajstić information content (AvgIpc) is 2.40. The Hall–Kier alpha value is 0.0969. The molecular weight excluding hydrogens is 278 g/mol. The first kappa shape index (κ1) is 21.1. The monoisotopic (exact) mass is 318 g/mol. The van der Waals surface area contributed by atoms with Crippen LogP contribution in [-0.4, -0.2) is 52.4 Å². The molecule has 0 N–H and O–H groups in total. The summed E-state index contributed by atoms with van der Waals surface area (Å²) in [6.07, 6.45) is 5.09. The Morgan fingerprint density at radius 3 is 1.48 bits per heavy atom. The van der Waals surface area contributed by atoms with E-state index in [0.29, 0.717) is 0 Å². The smallest absolute Gasteiger partial charge is 0.335 e. The van der Waals surface area contributed by atoms with Gasteiger partial charge < -0.3 is 13.3 Å². The highest BCUT2D eigenvalue weighted by Crippen LogP contribution is 2.20. The molecule has 0 aromatic rings. The van der Waals surface area contributed by atoms with Gasteiger partial charge in [-0.3, -0.25) is 0 Å². The fraction of sp³-hybridized carbons (Fsp3) is 1.00. The normalized spacial score (nSPS) is 12.9. The molecule has 0 rings (SSSR count). The summed E-state index contributed by atoms with van der Waals surface area (Å²) >= 11 is 0. The highest BCUT2D eigenvalue weighted by molar-refractivity contribution is 6.66. The van der Waals surface area contributed by atoms with Gasteiger partial charge in [0.05, 0.1) is 26.2 Å². The summed E-state index contributed by atoms with van der Waals surface area (Å²) < 4.78 is 13.2. The van der Waals surface area contributed by atoms with E-state index in [9.17, 15) is 0 Å². The van der Waals surface area contributed by atoms with E-state index in [1.54, 1.807) is 0 Å². The van der Waals surface area contributed by atoms with Gasteiger partial charge in [0.1, 0.15) is 0 Å². The van der Waals surface area contributed by atoms with Crippen molar-refractivity contribution in [3.8, 4) is 0 Å². The highest BCUT2D eigenvalue weighted by Gasteiger charge is 2.32. The predicted molar refractivity (Wildman–Crippen MR) is 94.9 cm³/mol. The van der Waals surface area contributed by atoms with Crippen LogP contribution in [0, 0.1) is 0 Å². The number of quaternary nitrogens is 1. The maximum Gasteiger partial charge on any atom is 0.335 e. The zero-order chi connectivity index (χ0) is 16.2. The van der Waals surface area contributed by atoms with Gasteiger partial charge in [-0.15, -0.1) is 0 Å². The van der Waals surface area contributed by atoms with Crippen molar-refractivity contribution in [3.63, 3.8) is 0 Å². The van der Waals surface area contributed by atoms with Crippen LogP contribution in [0.25, 0.3) is 0 Å². The Bertz CT molecular complexity index is 226. The van der Waals surface area contributed by atoms with Crippen LogP contribution in [0.3, 0.4) is 0 Å². The fourth-order valence-corrected chi connectivity index (χ4v) is 6.02. The zero-order valence-corrected chi connectivity index (χ0v) is 16.5. The van der Waals surface area contributed by atoms with Crippen molar-refractivity contribution >= 4 is 8.56 Å². The molecule has 0 aliphatic rings. The van der Waals surface area contributed by atoms with Gasteiger partial charge in [0.2, 0.25) is 0 Å². The van der Waals surface area contributed by atoms with Crippen molar-refractivity contribution in [2.75, 3.05) is 39.4 Å². The summed E-state index contributed by atoms with van der Waals surface area (Å²) in [6.45, 7) is 20.2. The summed E-state index contributed by atoms with van der Waals surface area (Å²) in [5.74, 6) is 0. The van der Waals surface area contributed by atoms with Crippen LogP contribution >= 0.6 is 0 Å². The maximum atomic E-state index is 5.97. The van der Waals surface area contributed by atoms with E-state index < -0.39 is 8.56 Å². The second kappa shape index (κ2) is 11.6. The van der Waals surface area contributed by atoms with Crippen molar-refractivity contribution in [3.05, 3.63) is 0 Å². The SMILES string of the molecule is CCC[N+](CCC)(CCC)CCC[Si](C)(OCC)OCC. The molecule has 4 heteroatoms. The molecule has 0 bridgehead atoms. The minimum absolute atomic E-state index is 0.779. The lowest BCUT2D eigenvalue weighted by molar-refractivity contribution is -0.928. The molecule has 0 radical (unpaired) electrons. The van der Waals surface area contributed by atoms with Crippen LogP contribution < -0.4 is 0 Å². The molecule has 0 aromatic heterocycles. The minimum Gasteiger partial charge on any atom is -0.395 e. The molecule has 0 spiro atoms. The molecule has 0 atom stereocenters. The number of rotatable bonds is 14. The van der Waals surface area contributed by atoms with Crippen LogP contribution in [0.4, 0.5) is 0 Å². The van der Waals surface area contributed by atoms with Crippen molar-refractivity contribution in [2.24, 2.45) is 0 Å². The second-order valence-corrected chi connectivity index (χ2v) is 9.68. The number of hydrogen-bond acceptors (Lipinski definition) is 2. The van der Waals surface area contributed by atoms with Gasteiger partial charge in [0, 0.05) is 13.2 Å². The number of hydrogen-bond donors (Lipinski definition) is 0. The first-order valence-corrected chi connectivity index (χ1v) is 11.7. The van der Waals surface area contributed by atoms with Crippen LogP contribution in [0.5, 0.6) is 0 Å². The fourth-order valence-electron chi connectivity index (χ4n) is 3.63. The van der Waals surface area contributed by atoms with Gasteiger partial charge in [-0.2, -0.15) is 0 Å². The van der Waals surface area contributed by atoms with Gasteiger partial charge in [0.15, 0.2) is 0 Å². The molecule has 0 heterocycles. The maximum absolute atomic E-state index is 5.97. The molecular formula is C17H40NO2Si+. The van der Waals surface area contributed by atoms with Gasteiger partial charge >= 0.3 is 8.56 Å². The summed E-state index contributed by atoms with van der Waals surface area (Å²) in [4.78, 5) is 0. The van der Waals surface area contributed by atoms with Gasteiger partial charge in [-0.05, 0) is 52.1 Å². The Kier molecular flexibility index (Phi) is 11.7. The van der Waals surface area contributed by atoms with E-state index in [0.717, 1.165) is 19.3 Å². The molecule has 0 unspecified atom stereocenters. The molecule has 0 amide bonds. The molecule has 0 aromatic carbocycles. The average molecular weight is 319 g/mol. The Morgan fingerprint density at radius 2 is 1.14 bits per heavy atom. The van der Waals surface area contributed by atoms with E-state index in [-0.39, 0.29) is 0 Å². The summed E-state index contributed by atoms with van der Waals surface area (Å²) in [5, 5.41) is 0. The quantitative estimate of drug-likeness (QED) is 0.345. The van der Waals surface area contributed by atoms with Crippen molar-refractivity contribution in [1.82, 2.24) is 0 Å². The van der Waals surface area contributed by atoms with Gasteiger partial charge in [0.25, 0.3) is 0 Å². The summed E-state index contributed by atoms with van der Waals surface area (Å²) in [5.41, 5.74) is 0. The molecule has 0 aliphatic heterocycles. The Balaban J connectivity index is 4.57. The molecule has 0 aliphatic carbocycles. The van der Waals surface area contributed by atoms with Gasteiger partial charge in [-0.25, -0.2) is 0 Å². The minimum atomic E-state index is -1.93. The lowest BCUT2D eigenvalue weighted by Gasteiger charge is -2.39. The van der Waals surface area contributed by atoms with Crippen molar-refractivity contribution < 1.29 is 13.3 Å². The Morgan fingerprint density at radius 1 is 0.714 bits per heavy atom. The van der Waals surface area contributed by atoms with Crippen LogP contribution in [0.2, 0.25) is 12.6 Å². The van der Waals surface area contributed by atoms with E-state index in [4.69, 9.17) is 8.85 Å². The number of nitrogens with zero attached hydrogens (tertiary/aromatic N) is 1. The molecule has 0 fully saturated rings. The summed E-state index contributed by atoms with van der Waals surface area (Å²) in [6, 6.07) is 1.13. The van der Waals surface area contributed by atoms with Crippen LogP contribution in [0.15, 0.2) is 0 Å². The van der Waals surface area contributed by atoms with E-state index in [1.165, 1.54) is 56.3 Å². The lowest BCUT2D eigenvalue weighted by Crippen LogP contribution is -2.51. The van der Waals surface area contributed by atoms with Crippen molar-refractivity contribution in [1.29, 1.82) is 0 Å². The van der Waals surface area contributed by atoms with E-state index in [1.807, 2.05) is 0 Å². The predicted octanol–water partition coefficient (Wildman–Crippen LogP) is 4.57. The molecule has 0 saturated carbocycles. The third-order valence-corrected chi connectivity index (χ3v) is 7.32. The molecule has 0 saturated heterocycles. The standard InChI is InChI=1S/C17H40NO2Si/c1-7-13-18(14-8-2,15-9-3)16-12-17-21(6,19-10-4)20-11-5/h7-17H2,1-6H3/q+1. The van der Waals surface area contributed by atoms with Crippen LogP contribution in [-0.2, 0) is 8.85 Å². The topological polar surface area (TPSA) is 18.5 Å². The zero-order valence-electron chi connectivity index (χ0n) is 15.5. The lowest BCUT2D eigenvalue weighted by atomic mass is 10.2. The highest BCUT2D eigenvalue weighted by atomic mass is 28.4. The van der Waals surface area contributed by atoms with Crippen LogP contribution in [0.1, 0.15) is 60.3 Å². The largest absolute Gasteiger partial charge is 0.395 e. The third kappa shape index (κ3) is 8.34. The van der Waals surface area contributed by atoms with E-state index in [2.05, 4.69) is 41.2 Å². The first-order valence-electron chi connectivity index (χ1n) is 9.14.